The van der Waals surface area contributed by atoms with Crippen molar-refractivity contribution in [3.63, 3.8) is 0 Å². The zero-order chi connectivity index (χ0) is 14.5. The van der Waals surface area contributed by atoms with Gasteiger partial charge in [0.2, 0.25) is 5.95 Å². The highest BCUT2D eigenvalue weighted by atomic mass is 16.5. The van der Waals surface area contributed by atoms with E-state index in [0.29, 0.717) is 12.5 Å². The van der Waals surface area contributed by atoms with Crippen LogP contribution in [0, 0.1) is 0 Å². The van der Waals surface area contributed by atoms with Crippen LogP contribution >= 0.6 is 0 Å². The number of benzene rings is 1. The van der Waals surface area contributed by atoms with E-state index in [1.807, 2.05) is 42.6 Å². The molecule has 0 unspecified atom stereocenters. The predicted molar refractivity (Wildman–Crippen MR) is 82.5 cm³/mol. The number of fused-ring (bicyclic) bond motifs is 1. The Labute approximate surface area is 123 Å². The minimum Gasteiger partial charge on any atom is -0.494 e. The number of pyridine rings is 1. The number of nitrogens with one attached hydrogen (secondary N) is 1. The van der Waals surface area contributed by atoms with Crippen molar-refractivity contribution in [3.8, 4) is 5.75 Å². The second-order valence-electron chi connectivity index (χ2n) is 4.79. The van der Waals surface area contributed by atoms with E-state index in [2.05, 4.69) is 28.4 Å². The van der Waals surface area contributed by atoms with E-state index in [0.717, 1.165) is 30.0 Å². The first-order valence-corrected chi connectivity index (χ1v) is 7.12. The summed E-state index contributed by atoms with van der Waals surface area (Å²) in [6, 6.07) is 13.9. The molecule has 0 spiro atoms. The molecule has 0 atom stereocenters. The predicted octanol–water partition coefficient (Wildman–Crippen LogP) is 3.13. The standard InChI is InChI=1S/C16H18N4O/c1-2-10-21-14-7-5-6-13(11-14)12-17-16-18-15-8-3-4-9-20(15)19-16/h3-9,11H,2,10,12H2,1H3,(H,17,19). The molecule has 2 heterocycles. The van der Waals surface area contributed by atoms with Gasteiger partial charge in [-0.3, -0.25) is 0 Å². The molecular weight excluding hydrogens is 264 g/mol. The van der Waals surface area contributed by atoms with Crippen LogP contribution in [0.3, 0.4) is 0 Å². The fourth-order valence-corrected chi connectivity index (χ4v) is 2.05. The van der Waals surface area contributed by atoms with Crippen molar-refractivity contribution in [3.05, 3.63) is 54.2 Å². The molecule has 108 valence electrons. The molecule has 3 rings (SSSR count). The highest BCUT2D eigenvalue weighted by Gasteiger charge is 2.02. The van der Waals surface area contributed by atoms with E-state index in [1.54, 1.807) is 4.52 Å². The second-order valence-corrected chi connectivity index (χ2v) is 4.79. The lowest BCUT2D eigenvalue weighted by Gasteiger charge is -2.07. The Bertz CT molecular complexity index is 690. The Morgan fingerprint density at radius 2 is 2.14 bits per heavy atom. The van der Waals surface area contributed by atoms with Crippen molar-refractivity contribution in [1.82, 2.24) is 14.6 Å². The van der Waals surface area contributed by atoms with Crippen molar-refractivity contribution >= 4 is 11.6 Å². The summed E-state index contributed by atoms with van der Waals surface area (Å²) in [7, 11) is 0. The normalized spacial score (nSPS) is 10.7. The molecule has 1 aromatic carbocycles. The molecule has 0 amide bonds. The van der Waals surface area contributed by atoms with Crippen molar-refractivity contribution < 1.29 is 4.74 Å². The first-order valence-electron chi connectivity index (χ1n) is 7.12. The lowest BCUT2D eigenvalue weighted by atomic mass is 10.2. The van der Waals surface area contributed by atoms with E-state index in [4.69, 9.17) is 4.74 Å². The van der Waals surface area contributed by atoms with Gasteiger partial charge in [-0.1, -0.05) is 25.1 Å². The molecule has 0 saturated heterocycles. The largest absolute Gasteiger partial charge is 0.494 e. The van der Waals surface area contributed by atoms with Gasteiger partial charge in [0.1, 0.15) is 5.75 Å². The number of ether oxygens (including phenoxy) is 1. The molecule has 0 fully saturated rings. The number of rotatable bonds is 6. The summed E-state index contributed by atoms with van der Waals surface area (Å²) in [5.74, 6) is 1.53. The van der Waals surface area contributed by atoms with E-state index in [1.165, 1.54) is 0 Å². The Hall–Kier alpha value is -2.56. The van der Waals surface area contributed by atoms with Crippen LogP contribution in [0.5, 0.6) is 5.75 Å². The van der Waals surface area contributed by atoms with E-state index in [9.17, 15) is 0 Å². The van der Waals surface area contributed by atoms with Gasteiger partial charge >= 0.3 is 0 Å². The zero-order valence-electron chi connectivity index (χ0n) is 12.0. The summed E-state index contributed by atoms with van der Waals surface area (Å²) in [4.78, 5) is 4.41. The molecule has 0 radical (unpaired) electrons. The van der Waals surface area contributed by atoms with Crippen LogP contribution in [0.1, 0.15) is 18.9 Å². The average molecular weight is 282 g/mol. The van der Waals surface area contributed by atoms with E-state index >= 15 is 0 Å². The third kappa shape index (κ3) is 3.31. The van der Waals surface area contributed by atoms with Crippen LogP contribution in [0.4, 0.5) is 5.95 Å². The Kier molecular flexibility index (Phi) is 4.00. The third-order valence-electron chi connectivity index (χ3n) is 3.06. The summed E-state index contributed by atoms with van der Waals surface area (Å²) >= 11 is 0. The average Bonchev–Trinajstić information content (AvgIpc) is 2.94. The quantitative estimate of drug-likeness (QED) is 0.754. The van der Waals surface area contributed by atoms with Crippen LogP contribution in [0.25, 0.3) is 5.65 Å². The third-order valence-corrected chi connectivity index (χ3v) is 3.06. The fraction of sp³-hybridized carbons (Fsp3) is 0.250. The molecule has 0 aliphatic heterocycles. The topological polar surface area (TPSA) is 51.5 Å². The van der Waals surface area contributed by atoms with E-state index < -0.39 is 0 Å². The van der Waals surface area contributed by atoms with Gasteiger partial charge in [0, 0.05) is 12.7 Å². The lowest BCUT2D eigenvalue weighted by Crippen LogP contribution is -2.02. The van der Waals surface area contributed by atoms with Gasteiger partial charge in [-0.05, 0) is 36.2 Å². The molecule has 0 bridgehead atoms. The zero-order valence-corrected chi connectivity index (χ0v) is 12.0. The van der Waals surface area contributed by atoms with Crippen molar-refractivity contribution in [1.29, 1.82) is 0 Å². The summed E-state index contributed by atoms with van der Waals surface area (Å²) in [5, 5.41) is 7.60. The molecule has 3 aromatic rings. The summed E-state index contributed by atoms with van der Waals surface area (Å²) in [6.45, 7) is 3.51. The van der Waals surface area contributed by atoms with Gasteiger partial charge in [-0.25, -0.2) is 4.52 Å². The molecule has 21 heavy (non-hydrogen) atoms. The van der Waals surface area contributed by atoms with Crippen molar-refractivity contribution in [2.45, 2.75) is 19.9 Å². The van der Waals surface area contributed by atoms with Crippen LogP contribution < -0.4 is 10.1 Å². The monoisotopic (exact) mass is 282 g/mol. The summed E-state index contributed by atoms with van der Waals surface area (Å²) in [6.07, 6.45) is 2.89. The van der Waals surface area contributed by atoms with Gasteiger partial charge in [-0.2, -0.15) is 4.98 Å². The first-order chi connectivity index (χ1) is 10.3. The minimum atomic E-state index is 0.626. The number of anilines is 1. The second kappa shape index (κ2) is 6.26. The molecule has 5 nitrogen and oxygen atoms in total. The minimum absolute atomic E-state index is 0.626. The van der Waals surface area contributed by atoms with Gasteiger partial charge in [0.05, 0.1) is 6.61 Å². The first kappa shape index (κ1) is 13.4. The maximum absolute atomic E-state index is 5.63. The van der Waals surface area contributed by atoms with Crippen LogP contribution in [0.15, 0.2) is 48.7 Å². The number of hydrogen-bond donors (Lipinski definition) is 1. The maximum Gasteiger partial charge on any atom is 0.243 e. The van der Waals surface area contributed by atoms with E-state index in [-0.39, 0.29) is 0 Å². The van der Waals surface area contributed by atoms with Gasteiger partial charge < -0.3 is 10.1 Å². The van der Waals surface area contributed by atoms with Crippen LogP contribution in [-0.2, 0) is 6.54 Å². The number of aromatic nitrogens is 3. The number of nitrogens with zero attached hydrogens (tertiary/aromatic N) is 3. The van der Waals surface area contributed by atoms with Crippen LogP contribution in [-0.4, -0.2) is 21.2 Å². The molecule has 2 aromatic heterocycles. The molecule has 5 heteroatoms. The molecule has 0 aliphatic carbocycles. The van der Waals surface area contributed by atoms with Gasteiger partial charge in [-0.15, -0.1) is 5.10 Å². The van der Waals surface area contributed by atoms with Crippen molar-refractivity contribution in [2.24, 2.45) is 0 Å². The summed E-state index contributed by atoms with van der Waals surface area (Å²) in [5.41, 5.74) is 1.97. The lowest BCUT2D eigenvalue weighted by molar-refractivity contribution is 0.317. The molecule has 1 N–H and O–H groups in total. The maximum atomic E-state index is 5.63. The fourth-order valence-electron chi connectivity index (χ4n) is 2.05. The molecule has 0 saturated carbocycles. The molecule has 0 aliphatic rings. The SMILES string of the molecule is CCCOc1cccc(CNc2nc3ccccn3n2)c1. The smallest absolute Gasteiger partial charge is 0.243 e. The molecular formula is C16H18N4O. The van der Waals surface area contributed by atoms with Crippen molar-refractivity contribution in [2.75, 3.05) is 11.9 Å². The Morgan fingerprint density at radius 1 is 1.19 bits per heavy atom. The highest BCUT2D eigenvalue weighted by molar-refractivity contribution is 5.43. The Morgan fingerprint density at radius 3 is 3.00 bits per heavy atom. The van der Waals surface area contributed by atoms with Crippen LogP contribution in [0.2, 0.25) is 0 Å². The summed E-state index contributed by atoms with van der Waals surface area (Å²) < 4.78 is 7.39. The Balaban J connectivity index is 1.66. The van der Waals surface area contributed by atoms with Gasteiger partial charge in [0.25, 0.3) is 0 Å². The number of hydrogen-bond acceptors (Lipinski definition) is 4. The highest BCUT2D eigenvalue weighted by Crippen LogP contribution is 2.14. The van der Waals surface area contributed by atoms with Gasteiger partial charge in [0.15, 0.2) is 5.65 Å².